The normalized spacial score (nSPS) is 10.0. The summed E-state index contributed by atoms with van der Waals surface area (Å²) in [7, 11) is 1.27. The number of nitrogens with one attached hydrogen (secondary N) is 1. The number of benzene rings is 1. The van der Waals surface area contributed by atoms with Gasteiger partial charge in [0.05, 0.1) is 7.11 Å². The summed E-state index contributed by atoms with van der Waals surface area (Å²) in [6.07, 6.45) is 0. The fourth-order valence-corrected chi connectivity index (χ4v) is 1.44. The topological polar surface area (TPSA) is 104 Å². The summed E-state index contributed by atoms with van der Waals surface area (Å²) >= 11 is 0. The van der Waals surface area contributed by atoms with Crippen LogP contribution in [-0.4, -0.2) is 35.7 Å². The second-order valence-corrected chi connectivity index (χ2v) is 3.98. The Morgan fingerprint density at radius 1 is 1.38 bits per heavy atom. The molecular formula is C13H13N3O5. The van der Waals surface area contributed by atoms with E-state index in [1.165, 1.54) is 7.11 Å². The average molecular weight is 291 g/mol. The Labute approximate surface area is 120 Å². The van der Waals surface area contributed by atoms with Gasteiger partial charge in [0.1, 0.15) is 5.75 Å². The van der Waals surface area contributed by atoms with E-state index in [0.717, 1.165) is 0 Å². The van der Waals surface area contributed by atoms with Crippen molar-refractivity contribution < 1.29 is 23.6 Å². The smallest absolute Gasteiger partial charge is 0.343 e. The van der Waals surface area contributed by atoms with E-state index in [1.54, 1.807) is 31.2 Å². The fourth-order valence-electron chi connectivity index (χ4n) is 1.44. The van der Waals surface area contributed by atoms with Crippen molar-refractivity contribution in [3.05, 3.63) is 36.0 Å². The molecule has 2 aromatic rings. The highest BCUT2D eigenvalue weighted by Gasteiger charge is 2.13. The summed E-state index contributed by atoms with van der Waals surface area (Å²) in [5, 5.41) is 6.11. The monoisotopic (exact) mass is 291 g/mol. The van der Waals surface area contributed by atoms with Gasteiger partial charge in [0, 0.05) is 18.7 Å². The first-order chi connectivity index (χ1) is 10.1. The molecule has 0 spiro atoms. The van der Waals surface area contributed by atoms with Crippen LogP contribution in [-0.2, 0) is 9.53 Å². The lowest BCUT2D eigenvalue weighted by Crippen LogP contribution is -2.14. The standard InChI is InChI=1S/C13H13N3O5/c1-8-14-12(16-21-8)13(18)15-9-4-3-5-10(6-9)20-7-11(17)19-2/h3-6H,7H2,1-2H3,(H,15,18). The number of methoxy groups -OCH3 is 1. The summed E-state index contributed by atoms with van der Waals surface area (Å²) in [5.41, 5.74) is 0.477. The maximum Gasteiger partial charge on any atom is 0.343 e. The van der Waals surface area contributed by atoms with Crippen LogP contribution in [0.15, 0.2) is 28.8 Å². The van der Waals surface area contributed by atoms with Crippen LogP contribution < -0.4 is 10.1 Å². The number of carbonyl (C=O) groups excluding carboxylic acids is 2. The van der Waals surface area contributed by atoms with Crippen LogP contribution in [0.25, 0.3) is 0 Å². The summed E-state index contributed by atoms with van der Waals surface area (Å²) in [5.74, 6) is -0.338. The summed E-state index contributed by atoms with van der Waals surface area (Å²) in [6.45, 7) is 1.38. The summed E-state index contributed by atoms with van der Waals surface area (Å²) < 4.78 is 14.4. The quantitative estimate of drug-likeness (QED) is 0.825. The van der Waals surface area contributed by atoms with Gasteiger partial charge in [0.2, 0.25) is 5.89 Å². The minimum Gasteiger partial charge on any atom is -0.482 e. The molecular weight excluding hydrogens is 278 g/mol. The molecule has 0 saturated carbocycles. The Balaban J connectivity index is 2.00. The average Bonchev–Trinajstić information content (AvgIpc) is 2.92. The largest absolute Gasteiger partial charge is 0.482 e. The van der Waals surface area contributed by atoms with Gasteiger partial charge in [-0.25, -0.2) is 4.79 Å². The first-order valence-electron chi connectivity index (χ1n) is 6.00. The number of ether oxygens (including phenoxy) is 2. The molecule has 2 rings (SSSR count). The molecule has 0 aliphatic carbocycles. The van der Waals surface area contributed by atoms with Crippen molar-refractivity contribution in [2.45, 2.75) is 6.92 Å². The molecule has 8 heteroatoms. The number of hydrogen-bond acceptors (Lipinski definition) is 7. The molecule has 1 amide bonds. The van der Waals surface area contributed by atoms with Gasteiger partial charge >= 0.3 is 5.97 Å². The first kappa shape index (κ1) is 14.5. The lowest BCUT2D eigenvalue weighted by Gasteiger charge is -2.07. The number of hydrogen-bond donors (Lipinski definition) is 1. The molecule has 1 heterocycles. The Kier molecular flexibility index (Phi) is 4.50. The third kappa shape index (κ3) is 4.03. The van der Waals surface area contributed by atoms with Gasteiger partial charge in [-0.15, -0.1) is 0 Å². The number of aromatic nitrogens is 2. The number of anilines is 1. The third-order valence-electron chi connectivity index (χ3n) is 2.41. The highest BCUT2D eigenvalue weighted by atomic mass is 16.6. The van der Waals surface area contributed by atoms with Crippen LogP contribution in [0, 0.1) is 6.92 Å². The molecule has 0 radical (unpaired) electrons. The second-order valence-electron chi connectivity index (χ2n) is 3.98. The zero-order valence-corrected chi connectivity index (χ0v) is 11.5. The van der Waals surface area contributed by atoms with Gasteiger partial charge in [-0.05, 0) is 12.1 Å². The Morgan fingerprint density at radius 2 is 2.19 bits per heavy atom. The molecule has 0 saturated heterocycles. The molecule has 0 fully saturated rings. The van der Waals surface area contributed by atoms with E-state index in [4.69, 9.17) is 9.26 Å². The maximum absolute atomic E-state index is 11.8. The number of aryl methyl sites for hydroxylation is 1. The molecule has 0 bridgehead atoms. The van der Waals surface area contributed by atoms with E-state index in [-0.39, 0.29) is 12.4 Å². The van der Waals surface area contributed by atoms with Gasteiger partial charge in [-0.2, -0.15) is 4.98 Å². The second kappa shape index (κ2) is 6.51. The molecule has 0 unspecified atom stereocenters. The third-order valence-corrected chi connectivity index (χ3v) is 2.41. The highest BCUT2D eigenvalue weighted by Crippen LogP contribution is 2.17. The predicted molar refractivity (Wildman–Crippen MR) is 70.9 cm³/mol. The minimum atomic E-state index is -0.503. The SMILES string of the molecule is COC(=O)COc1cccc(NC(=O)c2noc(C)n2)c1. The number of carbonyl (C=O) groups is 2. The first-order valence-corrected chi connectivity index (χ1v) is 6.00. The Morgan fingerprint density at radius 3 is 2.86 bits per heavy atom. The van der Waals surface area contributed by atoms with E-state index in [9.17, 15) is 9.59 Å². The Hall–Kier alpha value is -2.90. The van der Waals surface area contributed by atoms with Crippen LogP contribution in [0.1, 0.15) is 16.5 Å². The van der Waals surface area contributed by atoms with Crippen LogP contribution in [0.3, 0.4) is 0 Å². The molecule has 1 N–H and O–H groups in total. The van der Waals surface area contributed by atoms with Crippen LogP contribution in [0.2, 0.25) is 0 Å². The van der Waals surface area contributed by atoms with Gasteiger partial charge in [-0.3, -0.25) is 4.79 Å². The molecule has 1 aromatic carbocycles. The van der Waals surface area contributed by atoms with Crippen LogP contribution in [0.4, 0.5) is 5.69 Å². The number of amides is 1. The maximum atomic E-state index is 11.8. The van der Waals surface area contributed by atoms with Gasteiger partial charge in [0.25, 0.3) is 11.7 Å². The van der Waals surface area contributed by atoms with E-state index in [0.29, 0.717) is 17.3 Å². The van der Waals surface area contributed by atoms with E-state index in [2.05, 4.69) is 20.2 Å². The molecule has 0 aliphatic rings. The van der Waals surface area contributed by atoms with Gasteiger partial charge < -0.3 is 19.3 Å². The predicted octanol–water partition coefficient (Wildman–Crippen LogP) is 1.18. The molecule has 8 nitrogen and oxygen atoms in total. The van der Waals surface area contributed by atoms with Gasteiger partial charge in [0.15, 0.2) is 6.61 Å². The minimum absolute atomic E-state index is 0.0617. The number of rotatable bonds is 5. The molecule has 1 aromatic heterocycles. The van der Waals surface area contributed by atoms with E-state index < -0.39 is 11.9 Å². The zero-order chi connectivity index (χ0) is 15.2. The van der Waals surface area contributed by atoms with Crippen molar-refractivity contribution in [1.82, 2.24) is 10.1 Å². The molecule has 21 heavy (non-hydrogen) atoms. The van der Waals surface area contributed by atoms with Gasteiger partial charge in [-0.1, -0.05) is 11.2 Å². The van der Waals surface area contributed by atoms with Crippen molar-refractivity contribution in [1.29, 1.82) is 0 Å². The Bertz CT molecular complexity index is 653. The lowest BCUT2D eigenvalue weighted by molar-refractivity contribution is -0.142. The molecule has 0 atom stereocenters. The number of nitrogens with zero attached hydrogens (tertiary/aromatic N) is 2. The van der Waals surface area contributed by atoms with Crippen molar-refractivity contribution in [2.24, 2.45) is 0 Å². The fraction of sp³-hybridized carbons (Fsp3) is 0.231. The molecule has 0 aliphatic heterocycles. The lowest BCUT2D eigenvalue weighted by atomic mass is 10.3. The number of esters is 1. The van der Waals surface area contributed by atoms with Crippen LogP contribution >= 0.6 is 0 Å². The van der Waals surface area contributed by atoms with Crippen molar-refractivity contribution in [2.75, 3.05) is 19.0 Å². The molecule has 110 valence electrons. The summed E-state index contributed by atoms with van der Waals surface area (Å²) in [4.78, 5) is 26.6. The van der Waals surface area contributed by atoms with E-state index in [1.807, 2.05) is 0 Å². The van der Waals surface area contributed by atoms with Crippen LogP contribution in [0.5, 0.6) is 5.75 Å². The highest BCUT2D eigenvalue weighted by molar-refractivity contribution is 6.01. The zero-order valence-electron chi connectivity index (χ0n) is 11.5. The van der Waals surface area contributed by atoms with Crippen molar-refractivity contribution >= 4 is 17.6 Å². The van der Waals surface area contributed by atoms with Crippen molar-refractivity contribution in [3.63, 3.8) is 0 Å². The summed E-state index contributed by atoms with van der Waals surface area (Å²) in [6, 6.07) is 6.55. The van der Waals surface area contributed by atoms with Crippen molar-refractivity contribution in [3.8, 4) is 5.75 Å². The van der Waals surface area contributed by atoms with E-state index >= 15 is 0 Å².